The third-order valence-electron chi connectivity index (χ3n) is 3.80. The Morgan fingerprint density at radius 1 is 1.12 bits per heavy atom. The first-order valence-electron chi connectivity index (χ1n) is 7.85. The van der Waals surface area contributed by atoms with Gasteiger partial charge >= 0.3 is 0 Å². The first-order chi connectivity index (χ1) is 12.2. The van der Waals surface area contributed by atoms with Gasteiger partial charge in [-0.25, -0.2) is 17.1 Å². The van der Waals surface area contributed by atoms with Crippen molar-refractivity contribution in [3.63, 3.8) is 0 Å². The number of rotatable bonds is 6. The van der Waals surface area contributed by atoms with Crippen LogP contribution in [0.25, 0.3) is 0 Å². The Labute approximate surface area is 151 Å². The van der Waals surface area contributed by atoms with Crippen LogP contribution in [0.2, 0.25) is 0 Å². The zero-order valence-corrected chi connectivity index (χ0v) is 15.5. The Morgan fingerprint density at radius 3 is 2.27 bits per heavy atom. The summed E-state index contributed by atoms with van der Waals surface area (Å²) in [7, 11) is -0.971. The molecule has 9 heteroatoms. The molecule has 0 aliphatic heterocycles. The zero-order chi connectivity index (χ0) is 19.5. The Kier molecular flexibility index (Phi) is 5.94. The van der Waals surface area contributed by atoms with E-state index in [9.17, 15) is 22.4 Å². The van der Waals surface area contributed by atoms with Gasteiger partial charge in [0, 0.05) is 38.6 Å². The number of likely N-dealkylation sites (N-methyl/N-ethyl adjacent to an activating group) is 1. The number of sulfonamides is 1. The lowest BCUT2D eigenvalue weighted by Gasteiger charge is -2.22. The van der Waals surface area contributed by atoms with E-state index in [4.69, 9.17) is 0 Å². The average molecular weight is 381 g/mol. The summed E-state index contributed by atoms with van der Waals surface area (Å²) in [4.78, 5) is 25.9. The second kappa shape index (κ2) is 7.79. The number of benzene rings is 1. The van der Waals surface area contributed by atoms with Crippen molar-refractivity contribution < 1.29 is 17.6 Å². The van der Waals surface area contributed by atoms with Gasteiger partial charge in [0.25, 0.3) is 5.56 Å². The Hall–Kier alpha value is -2.52. The SMILES string of the molecule is CCN(C(=O)Cn1cc(S(=O)(=O)N(C)C)ccc1=O)c1ccc(F)cc1. The van der Waals surface area contributed by atoms with E-state index in [2.05, 4.69) is 0 Å². The van der Waals surface area contributed by atoms with Crippen LogP contribution in [-0.4, -0.2) is 43.8 Å². The molecule has 26 heavy (non-hydrogen) atoms. The van der Waals surface area contributed by atoms with Gasteiger partial charge in [0.1, 0.15) is 12.4 Å². The summed E-state index contributed by atoms with van der Waals surface area (Å²) in [6.45, 7) is 1.73. The van der Waals surface area contributed by atoms with E-state index in [1.807, 2.05) is 0 Å². The van der Waals surface area contributed by atoms with Gasteiger partial charge in [-0.2, -0.15) is 0 Å². The van der Waals surface area contributed by atoms with Crippen LogP contribution in [0, 0.1) is 5.82 Å². The van der Waals surface area contributed by atoms with Crippen molar-refractivity contribution in [3.05, 3.63) is 58.8 Å². The Morgan fingerprint density at radius 2 is 1.73 bits per heavy atom. The summed E-state index contributed by atoms with van der Waals surface area (Å²) in [5.74, 6) is -0.837. The van der Waals surface area contributed by atoms with Crippen LogP contribution in [0.3, 0.4) is 0 Å². The van der Waals surface area contributed by atoms with E-state index in [1.165, 1.54) is 49.3 Å². The molecule has 0 saturated carbocycles. The zero-order valence-electron chi connectivity index (χ0n) is 14.7. The lowest BCUT2D eigenvalue weighted by atomic mass is 10.2. The highest BCUT2D eigenvalue weighted by molar-refractivity contribution is 7.89. The number of carbonyl (C=O) groups excluding carboxylic acids is 1. The molecule has 1 aromatic heterocycles. The molecule has 0 unspecified atom stereocenters. The number of carbonyl (C=O) groups is 1. The molecule has 2 aromatic rings. The van der Waals surface area contributed by atoms with Gasteiger partial charge in [-0.05, 0) is 37.3 Å². The standard InChI is InChI=1S/C17H20FN3O4S/c1-4-21(14-7-5-13(18)6-8-14)17(23)12-20-11-15(9-10-16(20)22)26(24,25)19(2)3/h5-11H,4,12H2,1-3H3. The van der Waals surface area contributed by atoms with E-state index in [1.54, 1.807) is 6.92 Å². The Balaban J connectivity index is 2.33. The molecule has 0 fully saturated rings. The molecule has 1 heterocycles. The predicted octanol–water partition coefficient (Wildman–Crippen LogP) is 1.29. The van der Waals surface area contributed by atoms with Crippen molar-refractivity contribution in [2.75, 3.05) is 25.5 Å². The number of pyridine rings is 1. The van der Waals surface area contributed by atoms with E-state index in [0.29, 0.717) is 12.2 Å². The maximum Gasteiger partial charge on any atom is 0.251 e. The first kappa shape index (κ1) is 19.8. The quantitative estimate of drug-likeness (QED) is 0.755. The smallest absolute Gasteiger partial charge is 0.251 e. The van der Waals surface area contributed by atoms with E-state index >= 15 is 0 Å². The summed E-state index contributed by atoms with van der Waals surface area (Å²) in [6, 6.07) is 7.72. The summed E-state index contributed by atoms with van der Waals surface area (Å²) in [6.07, 6.45) is 1.15. The van der Waals surface area contributed by atoms with Crippen LogP contribution >= 0.6 is 0 Å². The van der Waals surface area contributed by atoms with E-state index in [0.717, 1.165) is 21.1 Å². The molecule has 0 N–H and O–H groups in total. The van der Waals surface area contributed by atoms with Gasteiger partial charge in [-0.15, -0.1) is 0 Å². The number of anilines is 1. The Bertz CT molecular complexity index is 953. The fourth-order valence-electron chi connectivity index (χ4n) is 2.35. The van der Waals surface area contributed by atoms with Crippen LogP contribution in [0.5, 0.6) is 0 Å². The van der Waals surface area contributed by atoms with Gasteiger partial charge < -0.3 is 9.47 Å². The van der Waals surface area contributed by atoms with Crippen molar-refractivity contribution in [1.29, 1.82) is 0 Å². The molecular weight excluding hydrogens is 361 g/mol. The van der Waals surface area contributed by atoms with Crippen LogP contribution in [0.4, 0.5) is 10.1 Å². The van der Waals surface area contributed by atoms with E-state index in [-0.39, 0.29) is 11.4 Å². The molecule has 0 atom stereocenters. The third-order valence-corrected chi connectivity index (χ3v) is 5.59. The van der Waals surface area contributed by atoms with Crippen molar-refractivity contribution in [2.24, 2.45) is 0 Å². The fourth-order valence-corrected chi connectivity index (χ4v) is 3.27. The molecule has 7 nitrogen and oxygen atoms in total. The highest BCUT2D eigenvalue weighted by Gasteiger charge is 2.20. The number of nitrogens with zero attached hydrogens (tertiary/aromatic N) is 3. The molecule has 0 bridgehead atoms. The maximum atomic E-state index is 13.1. The number of hydrogen-bond acceptors (Lipinski definition) is 4. The van der Waals surface area contributed by atoms with Crippen LogP contribution in [0.15, 0.2) is 52.3 Å². The topological polar surface area (TPSA) is 79.7 Å². The minimum Gasteiger partial charge on any atom is -0.311 e. The highest BCUT2D eigenvalue weighted by Crippen LogP contribution is 2.16. The van der Waals surface area contributed by atoms with Crippen molar-refractivity contribution in [3.8, 4) is 0 Å². The largest absolute Gasteiger partial charge is 0.311 e. The first-order valence-corrected chi connectivity index (χ1v) is 9.29. The van der Waals surface area contributed by atoms with Gasteiger partial charge in [-0.1, -0.05) is 0 Å². The minimum absolute atomic E-state index is 0.0836. The number of amides is 1. The second-order valence-electron chi connectivity index (χ2n) is 5.73. The lowest BCUT2D eigenvalue weighted by Crippen LogP contribution is -2.36. The molecule has 2 rings (SSSR count). The van der Waals surface area contributed by atoms with Gasteiger partial charge in [0.05, 0.1) is 4.90 Å². The molecule has 0 saturated heterocycles. The third kappa shape index (κ3) is 4.17. The summed E-state index contributed by atoms with van der Waals surface area (Å²) >= 11 is 0. The predicted molar refractivity (Wildman–Crippen MR) is 96.0 cm³/mol. The average Bonchev–Trinajstić information content (AvgIpc) is 2.59. The molecule has 0 aliphatic rings. The molecular formula is C17H20FN3O4S. The van der Waals surface area contributed by atoms with Crippen LogP contribution in [-0.2, 0) is 21.4 Å². The van der Waals surface area contributed by atoms with Gasteiger partial charge in [0.15, 0.2) is 0 Å². The van der Waals surface area contributed by atoms with Crippen LogP contribution in [0.1, 0.15) is 6.92 Å². The summed E-state index contributed by atoms with van der Waals surface area (Å²) in [5, 5.41) is 0. The number of hydrogen-bond donors (Lipinski definition) is 0. The molecule has 0 radical (unpaired) electrons. The summed E-state index contributed by atoms with van der Waals surface area (Å²) in [5.41, 5.74) is -0.00441. The van der Waals surface area contributed by atoms with E-state index < -0.39 is 27.3 Å². The lowest BCUT2D eigenvalue weighted by molar-refractivity contribution is -0.119. The van der Waals surface area contributed by atoms with Gasteiger partial charge in [-0.3, -0.25) is 9.59 Å². The van der Waals surface area contributed by atoms with Crippen LogP contribution < -0.4 is 10.5 Å². The van der Waals surface area contributed by atoms with Crippen molar-refractivity contribution in [1.82, 2.24) is 8.87 Å². The normalized spacial score (nSPS) is 11.6. The van der Waals surface area contributed by atoms with Crippen molar-refractivity contribution >= 4 is 21.6 Å². The van der Waals surface area contributed by atoms with Gasteiger partial charge in [0.2, 0.25) is 15.9 Å². The minimum atomic E-state index is -3.73. The molecule has 140 valence electrons. The second-order valence-corrected chi connectivity index (χ2v) is 7.88. The fraction of sp³-hybridized carbons (Fsp3) is 0.294. The summed E-state index contributed by atoms with van der Waals surface area (Å²) < 4.78 is 39.5. The highest BCUT2D eigenvalue weighted by atomic mass is 32.2. The molecule has 0 spiro atoms. The monoisotopic (exact) mass is 381 g/mol. The molecule has 1 amide bonds. The van der Waals surface area contributed by atoms with Crippen molar-refractivity contribution in [2.45, 2.75) is 18.4 Å². The molecule has 1 aromatic carbocycles. The molecule has 0 aliphatic carbocycles. The maximum absolute atomic E-state index is 13.1. The number of halogens is 1. The number of aromatic nitrogens is 1.